The molecule has 2 heteroatoms. The Bertz CT molecular complexity index is 710. The highest BCUT2D eigenvalue weighted by Crippen LogP contribution is 2.33. The molecular formula is C19H16O2. The molecule has 0 atom stereocenters. The summed E-state index contributed by atoms with van der Waals surface area (Å²) in [6.45, 7) is 2.03. The summed E-state index contributed by atoms with van der Waals surface area (Å²) in [5, 5.41) is 0. The lowest BCUT2D eigenvalue weighted by atomic mass is 9.98. The molecule has 0 unspecified atom stereocenters. The largest absolute Gasteiger partial charge is 0.487 e. The van der Waals surface area contributed by atoms with Crippen molar-refractivity contribution in [2.24, 2.45) is 0 Å². The van der Waals surface area contributed by atoms with Crippen molar-refractivity contribution in [1.29, 1.82) is 0 Å². The second-order valence-corrected chi connectivity index (χ2v) is 5.00. The van der Waals surface area contributed by atoms with E-state index >= 15 is 0 Å². The van der Waals surface area contributed by atoms with Gasteiger partial charge in [-0.05, 0) is 18.6 Å². The highest BCUT2D eigenvalue weighted by atomic mass is 16.5. The van der Waals surface area contributed by atoms with Gasteiger partial charge in [0.1, 0.15) is 12.4 Å². The molecule has 0 saturated heterocycles. The summed E-state index contributed by atoms with van der Waals surface area (Å²) in [6.07, 6.45) is 2.02. The van der Waals surface area contributed by atoms with E-state index in [1.165, 1.54) is 0 Å². The van der Waals surface area contributed by atoms with Gasteiger partial charge in [-0.25, -0.2) is 0 Å². The molecule has 0 aromatic heterocycles. The molecule has 0 spiro atoms. The summed E-state index contributed by atoms with van der Waals surface area (Å²) in [5.41, 5.74) is 3.64. The van der Waals surface area contributed by atoms with E-state index in [2.05, 4.69) is 0 Å². The number of ketones is 1. The molecule has 21 heavy (non-hydrogen) atoms. The first-order chi connectivity index (χ1) is 10.3. The maximum atomic E-state index is 12.1. The smallest absolute Gasteiger partial charge is 0.163 e. The fourth-order valence-corrected chi connectivity index (χ4v) is 2.51. The van der Waals surface area contributed by atoms with Crippen LogP contribution in [0.15, 0.2) is 71.8 Å². The van der Waals surface area contributed by atoms with Crippen LogP contribution in [0.1, 0.15) is 18.1 Å². The Morgan fingerprint density at radius 1 is 1.00 bits per heavy atom. The fourth-order valence-electron chi connectivity index (χ4n) is 2.51. The Kier molecular flexibility index (Phi) is 3.69. The van der Waals surface area contributed by atoms with Gasteiger partial charge in [-0.15, -0.1) is 0 Å². The number of carbonyl (C=O) groups excluding carboxylic acids is 1. The summed E-state index contributed by atoms with van der Waals surface area (Å²) >= 11 is 0. The van der Waals surface area contributed by atoms with Gasteiger partial charge in [-0.1, -0.05) is 60.7 Å². The van der Waals surface area contributed by atoms with Gasteiger partial charge in [0.25, 0.3) is 0 Å². The summed E-state index contributed by atoms with van der Waals surface area (Å²) in [4.78, 5) is 12.1. The summed E-state index contributed by atoms with van der Waals surface area (Å²) in [6, 6.07) is 19.8. The molecule has 0 aliphatic carbocycles. The van der Waals surface area contributed by atoms with Crippen molar-refractivity contribution in [3.05, 3.63) is 82.9 Å². The summed E-state index contributed by atoms with van der Waals surface area (Å²) in [5.74, 6) is 0.721. The minimum absolute atomic E-state index is 0.0357. The lowest BCUT2D eigenvalue weighted by molar-refractivity contribution is -0.113. The van der Waals surface area contributed by atoms with Crippen LogP contribution in [0.5, 0.6) is 0 Å². The molecule has 2 nitrogen and oxygen atoms in total. The third-order valence-corrected chi connectivity index (χ3v) is 3.45. The van der Waals surface area contributed by atoms with E-state index in [0.717, 1.165) is 16.7 Å². The first kappa shape index (κ1) is 13.4. The highest BCUT2D eigenvalue weighted by Gasteiger charge is 2.25. The SMILES string of the molecule is CC(=O)C1=C(c2ccccc2)OC/C1=C\c1ccccc1. The van der Waals surface area contributed by atoms with E-state index in [0.29, 0.717) is 17.9 Å². The second-order valence-electron chi connectivity index (χ2n) is 5.00. The zero-order valence-corrected chi connectivity index (χ0v) is 11.9. The van der Waals surface area contributed by atoms with Crippen LogP contribution in [-0.2, 0) is 9.53 Å². The lowest BCUT2D eigenvalue weighted by Crippen LogP contribution is -1.99. The van der Waals surface area contributed by atoms with Gasteiger partial charge < -0.3 is 4.74 Å². The molecule has 0 radical (unpaired) electrons. The first-order valence-corrected chi connectivity index (χ1v) is 6.95. The maximum Gasteiger partial charge on any atom is 0.163 e. The van der Waals surface area contributed by atoms with Gasteiger partial charge in [0.15, 0.2) is 5.78 Å². The molecule has 0 bridgehead atoms. The minimum Gasteiger partial charge on any atom is -0.487 e. The molecule has 0 amide bonds. The number of hydrogen-bond donors (Lipinski definition) is 0. The molecule has 1 aliphatic rings. The van der Waals surface area contributed by atoms with Crippen molar-refractivity contribution < 1.29 is 9.53 Å². The van der Waals surface area contributed by atoms with E-state index in [4.69, 9.17) is 4.74 Å². The van der Waals surface area contributed by atoms with Crippen LogP contribution in [-0.4, -0.2) is 12.4 Å². The van der Waals surface area contributed by atoms with Gasteiger partial charge in [-0.2, -0.15) is 0 Å². The molecule has 2 aromatic rings. The normalized spacial score (nSPS) is 16.1. The molecule has 1 heterocycles. The van der Waals surface area contributed by atoms with Crippen LogP contribution in [0, 0.1) is 0 Å². The van der Waals surface area contributed by atoms with Crippen LogP contribution in [0.25, 0.3) is 11.8 Å². The van der Waals surface area contributed by atoms with Crippen LogP contribution in [0.3, 0.4) is 0 Å². The fraction of sp³-hybridized carbons (Fsp3) is 0.105. The third kappa shape index (κ3) is 2.79. The number of rotatable bonds is 3. The summed E-state index contributed by atoms with van der Waals surface area (Å²) in [7, 11) is 0. The summed E-state index contributed by atoms with van der Waals surface area (Å²) < 4.78 is 5.79. The van der Waals surface area contributed by atoms with Crippen molar-refractivity contribution in [3.63, 3.8) is 0 Å². The Hall–Kier alpha value is -2.61. The van der Waals surface area contributed by atoms with E-state index in [1.54, 1.807) is 6.92 Å². The second kappa shape index (κ2) is 5.80. The lowest BCUT2D eigenvalue weighted by Gasteiger charge is -2.04. The van der Waals surface area contributed by atoms with Crippen LogP contribution in [0.4, 0.5) is 0 Å². The monoisotopic (exact) mass is 276 g/mol. The Labute approximate surface area is 124 Å². The van der Waals surface area contributed by atoms with Crippen molar-refractivity contribution in [2.75, 3.05) is 6.61 Å². The Morgan fingerprint density at radius 3 is 2.24 bits per heavy atom. The minimum atomic E-state index is 0.0357. The third-order valence-electron chi connectivity index (χ3n) is 3.45. The average Bonchev–Trinajstić information content (AvgIpc) is 2.93. The predicted molar refractivity (Wildman–Crippen MR) is 84.4 cm³/mol. The molecule has 2 aromatic carbocycles. The molecule has 1 aliphatic heterocycles. The van der Waals surface area contributed by atoms with Crippen molar-refractivity contribution >= 4 is 17.6 Å². The Balaban J connectivity index is 2.07. The van der Waals surface area contributed by atoms with Gasteiger partial charge in [-0.3, -0.25) is 4.79 Å². The number of carbonyl (C=O) groups is 1. The van der Waals surface area contributed by atoms with Gasteiger partial charge in [0.05, 0.1) is 5.57 Å². The number of hydrogen-bond acceptors (Lipinski definition) is 2. The van der Waals surface area contributed by atoms with Crippen molar-refractivity contribution in [2.45, 2.75) is 6.92 Å². The molecule has 0 N–H and O–H groups in total. The number of benzene rings is 2. The van der Waals surface area contributed by atoms with Gasteiger partial charge >= 0.3 is 0 Å². The van der Waals surface area contributed by atoms with Crippen molar-refractivity contribution in [1.82, 2.24) is 0 Å². The predicted octanol–water partition coefficient (Wildman–Crippen LogP) is 4.10. The first-order valence-electron chi connectivity index (χ1n) is 6.95. The van der Waals surface area contributed by atoms with E-state index < -0.39 is 0 Å². The van der Waals surface area contributed by atoms with E-state index in [-0.39, 0.29) is 5.78 Å². The zero-order chi connectivity index (χ0) is 14.7. The molecular weight excluding hydrogens is 260 g/mol. The topological polar surface area (TPSA) is 26.3 Å². The Morgan fingerprint density at radius 2 is 1.62 bits per heavy atom. The standard InChI is InChI=1S/C19H16O2/c1-14(20)18-17(12-15-8-4-2-5-9-15)13-21-19(18)16-10-6-3-7-11-16/h2-12H,13H2,1H3/b17-12+. The van der Waals surface area contributed by atoms with Crippen LogP contribution >= 0.6 is 0 Å². The quantitative estimate of drug-likeness (QED) is 0.843. The van der Waals surface area contributed by atoms with Crippen LogP contribution < -0.4 is 0 Å². The average molecular weight is 276 g/mol. The van der Waals surface area contributed by atoms with Crippen molar-refractivity contribution in [3.8, 4) is 0 Å². The molecule has 104 valence electrons. The molecule has 0 fully saturated rings. The molecule has 3 rings (SSSR count). The zero-order valence-electron chi connectivity index (χ0n) is 11.9. The van der Waals surface area contributed by atoms with Gasteiger partial charge in [0, 0.05) is 11.1 Å². The highest BCUT2D eigenvalue weighted by molar-refractivity contribution is 6.06. The van der Waals surface area contributed by atoms with Gasteiger partial charge in [0.2, 0.25) is 0 Å². The number of Topliss-reactive ketones (excluding diaryl/α,β-unsaturated/α-hetero) is 1. The molecule has 0 saturated carbocycles. The van der Waals surface area contributed by atoms with E-state index in [1.807, 2.05) is 66.7 Å². The van der Waals surface area contributed by atoms with E-state index in [9.17, 15) is 4.79 Å². The van der Waals surface area contributed by atoms with Crippen LogP contribution in [0.2, 0.25) is 0 Å². The maximum absolute atomic E-state index is 12.1. The number of ether oxygens (including phenoxy) is 1.